The third-order valence-electron chi connectivity index (χ3n) is 4.69. The Balaban J connectivity index is 1.74. The Kier molecular flexibility index (Phi) is 5.26. The zero-order valence-electron chi connectivity index (χ0n) is 15.2. The molecule has 2 aliphatic heterocycles. The number of halogens is 3. The van der Waals surface area contributed by atoms with Crippen molar-refractivity contribution in [2.75, 3.05) is 38.7 Å². The molecule has 2 aliphatic rings. The molecule has 2 aromatic rings. The van der Waals surface area contributed by atoms with Gasteiger partial charge in [-0.15, -0.1) is 0 Å². The molecular weight excluding hydrogens is 391 g/mol. The Hall–Kier alpha value is -2.17. The number of aliphatic imine (C=N–C) groups is 1. The molecule has 3 heterocycles. The van der Waals surface area contributed by atoms with Crippen molar-refractivity contribution in [3.8, 4) is 0 Å². The number of rotatable bonds is 3. The number of nitrogens with one attached hydrogen (secondary N) is 2. The number of fused-ring (bicyclic) bond motifs is 2. The number of aromatic nitrogens is 1. The molecule has 0 radical (unpaired) electrons. The number of methoxy groups -OCH3 is 1. The van der Waals surface area contributed by atoms with E-state index in [9.17, 15) is 13.2 Å². The van der Waals surface area contributed by atoms with E-state index in [4.69, 9.17) is 9.73 Å². The van der Waals surface area contributed by atoms with Gasteiger partial charge in [0.2, 0.25) is 5.01 Å². The van der Waals surface area contributed by atoms with E-state index < -0.39 is 11.2 Å². The average molecular weight is 411 g/mol. The fourth-order valence-electron chi connectivity index (χ4n) is 3.34. The van der Waals surface area contributed by atoms with Crippen molar-refractivity contribution in [2.24, 2.45) is 4.99 Å². The first kappa shape index (κ1) is 19.2. The number of hydrogen-bond donors (Lipinski definition) is 2. The van der Waals surface area contributed by atoms with E-state index in [1.807, 2.05) is 23.1 Å². The summed E-state index contributed by atoms with van der Waals surface area (Å²) in [5.41, 5.74) is 1.60. The molecule has 1 saturated heterocycles. The summed E-state index contributed by atoms with van der Waals surface area (Å²) in [6.45, 7) is 2.60. The number of benzene rings is 1. The number of amidine groups is 1. The van der Waals surface area contributed by atoms with Gasteiger partial charge in [-0.05, 0) is 18.6 Å². The maximum Gasteiger partial charge on any atom is 0.443 e. The number of nitrogens with zero attached hydrogens (tertiary/aromatic N) is 3. The zero-order chi connectivity index (χ0) is 19.7. The maximum absolute atomic E-state index is 13.3. The third-order valence-corrected chi connectivity index (χ3v) is 5.70. The highest BCUT2D eigenvalue weighted by Gasteiger charge is 2.38. The Morgan fingerprint density at radius 1 is 1.32 bits per heavy atom. The fourth-order valence-corrected chi connectivity index (χ4v) is 4.18. The number of ether oxygens (including phenoxy) is 1. The minimum Gasteiger partial charge on any atom is -0.385 e. The second-order valence-corrected chi connectivity index (χ2v) is 7.65. The van der Waals surface area contributed by atoms with Crippen molar-refractivity contribution in [3.63, 3.8) is 0 Å². The van der Waals surface area contributed by atoms with E-state index in [1.165, 1.54) is 0 Å². The first-order valence-electron chi connectivity index (χ1n) is 8.96. The molecule has 4 rings (SSSR count). The SMILES string of the molecule is COCCC1CN(C2=Nc3ccccc3Nc3sc(C(F)(F)F)nc32)CCN1. The number of anilines is 2. The van der Waals surface area contributed by atoms with Crippen LogP contribution in [-0.2, 0) is 10.9 Å². The van der Waals surface area contributed by atoms with E-state index in [-0.39, 0.29) is 11.7 Å². The monoisotopic (exact) mass is 411 g/mol. The second kappa shape index (κ2) is 7.69. The quantitative estimate of drug-likeness (QED) is 0.808. The summed E-state index contributed by atoms with van der Waals surface area (Å²) in [5, 5.41) is 6.00. The summed E-state index contributed by atoms with van der Waals surface area (Å²) < 4.78 is 45.0. The lowest BCUT2D eigenvalue weighted by atomic mass is 10.1. The van der Waals surface area contributed by atoms with Crippen LogP contribution in [-0.4, -0.2) is 55.1 Å². The Bertz CT molecular complexity index is 882. The average Bonchev–Trinajstić information content (AvgIpc) is 3.03. The Labute approximate surface area is 164 Å². The summed E-state index contributed by atoms with van der Waals surface area (Å²) in [5.74, 6) is 0.475. The number of alkyl halides is 3. The van der Waals surface area contributed by atoms with Crippen LogP contribution >= 0.6 is 11.3 Å². The lowest BCUT2D eigenvalue weighted by molar-refractivity contribution is -0.137. The predicted octanol–water partition coefficient (Wildman–Crippen LogP) is 3.61. The van der Waals surface area contributed by atoms with Crippen LogP contribution in [0.1, 0.15) is 17.1 Å². The molecular formula is C18H20F3N5OS. The molecule has 2 N–H and O–H groups in total. The van der Waals surface area contributed by atoms with Crippen molar-refractivity contribution in [2.45, 2.75) is 18.6 Å². The highest BCUT2D eigenvalue weighted by atomic mass is 32.1. The van der Waals surface area contributed by atoms with Gasteiger partial charge < -0.3 is 20.3 Å². The summed E-state index contributed by atoms with van der Waals surface area (Å²) in [6.07, 6.45) is -3.68. The van der Waals surface area contributed by atoms with Crippen LogP contribution in [0.2, 0.25) is 0 Å². The zero-order valence-corrected chi connectivity index (χ0v) is 16.0. The van der Waals surface area contributed by atoms with Gasteiger partial charge in [0.1, 0.15) is 10.7 Å². The van der Waals surface area contributed by atoms with Gasteiger partial charge >= 0.3 is 6.18 Å². The lowest BCUT2D eigenvalue weighted by Crippen LogP contribution is -2.53. The van der Waals surface area contributed by atoms with Gasteiger partial charge in [0.05, 0.1) is 11.4 Å². The summed E-state index contributed by atoms with van der Waals surface area (Å²) in [4.78, 5) is 10.6. The molecule has 0 spiro atoms. The predicted molar refractivity (Wildman–Crippen MR) is 103 cm³/mol. The summed E-state index contributed by atoms with van der Waals surface area (Å²) in [6, 6.07) is 7.50. The van der Waals surface area contributed by atoms with E-state index >= 15 is 0 Å². The fraction of sp³-hybridized carbons (Fsp3) is 0.444. The molecule has 0 aliphatic carbocycles. The number of piperazine rings is 1. The molecule has 0 amide bonds. The largest absolute Gasteiger partial charge is 0.443 e. The number of para-hydroxylation sites is 2. The molecule has 1 aromatic heterocycles. The molecule has 0 bridgehead atoms. The van der Waals surface area contributed by atoms with Crippen molar-refractivity contribution in [3.05, 3.63) is 35.0 Å². The van der Waals surface area contributed by atoms with Gasteiger partial charge in [-0.2, -0.15) is 13.2 Å². The van der Waals surface area contributed by atoms with Crippen LogP contribution in [0.25, 0.3) is 0 Å². The molecule has 0 saturated carbocycles. The topological polar surface area (TPSA) is 61.8 Å². The van der Waals surface area contributed by atoms with Crippen LogP contribution in [0.3, 0.4) is 0 Å². The standard InChI is InChI=1S/C18H20F3N5OS/c1-27-9-6-11-10-26(8-7-22-11)15-14-16(28-17(25-14)18(19,20)21)24-13-5-3-2-4-12(13)23-15/h2-5,11,22,24H,6-10H2,1H3. The highest BCUT2D eigenvalue weighted by molar-refractivity contribution is 7.16. The molecule has 1 unspecified atom stereocenters. The van der Waals surface area contributed by atoms with Gasteiger partial charge in [-0.1, -0.05) is 23.5 Å². The Morgan fingerprint density at radius 2 is 2.14 bits per heavy atom. The lowest BCUT2D eigenvalue weighted by Gasteiger charge is -2.35. The molecule has 150 valence electrons. The minimum atomic E-state index is -4.49. The van der Waals surface area contributed by atoms with Gasteiger partial charge in [0.25, 0.3) is 0 Å². The van der Waals surface area contributed by atoms with E-state index in [2.05, 4.69) is 15.6 Å². The molecule has 1 aromatic carbocycles. The second-order valence-electron chi connectivity index (χ2n) is 6.65. The highest BCUT2D eigenvalue weighted by Crippen LogP contribution is 2.42. The van der Waals surface area contributed by atoms with Crippen LogP contribution in [0.4, 0.5) is 29.5 Å². The first-order chi connectivity index (χ1) is 13.5. The molecule has 28 heavy (non-hydrogen) atoms. The first-order valence-corrected chi connectivity index (χ1v) is 9.78. The van der Waals surface area contributed by atoms with Gasteiger partial charge in [0, 0.05) is 39.4 Å². The van der Waals surface area contributed by atoms with Crippen LogP contribution < -0.4 is 10.6 Å². The maximum atomic E-state index is 13.3. The van der Waals surface area contributed by atoms with Crippen LogP contribution in [0.15, 0.2) is 29.3 Å². The van der Waals surface area contributed by atoms with Crippen LogP contribution in [0, 0.1) is 0 Å². The molecule has 10 heteroatoms. The number of thiazole rings is 1. The van der Waals surface area contributed by atoms with Gasteiger partial charge in [-0.25, -0.2) is 9.98 Å². The normalized spacial score (nSPS) is 19.4. The smallest absolute Gasteiger partial charge is 0.385 e. The Morgan fingerprint density at radius 3 is 2.93 bits per heavy atom. The van der Waals surface area contributed by atoms with Crippen molar-refractivity contribution in [1.29, 1.82) is 0 Å². The van der Waals surface area contributed by atoms with E-state index in [0.717, 1.165) is 6.42 Å². The van der Waals surface area contributed by atoms with Crippen molar-refractivity contribution in [1.82, 2.24) is 15.2 Å². The van der Waals surface area contributed by atoms with E-state index in [1.54, 1.807) is 13.2 Å². The molecule has 1 fully saturated rings. The van der Waals surface area contributed by atoms with Crippen molar-refractivity contribution < 1.29 is 17.9 Å². The molecule has 6 nitrogen and oxygen atoms in total. The number of hydrogen-bond acceptors (Lipinski definition) is 7. The van der Waals surface area contributed by atoms with Crippen LogP contribution in [0.5, 0.6) is 0 Å². The minimum absolute atomic E-state index is 0.173. The van der Waals surface area contributed by atoms with Gasteiger partial charge in [-0.3, -0.25) is 0 Å². The summed E-state index contributed by atoms with van der Waals surface area (Å²) in [7, 11) is 1.65. The van der Waals surface area contributed by atoms with Crippen molar-refractivity contribution >= 4 is 33.5 Å². The van der Waals surface area contributed by atoms with E-state index in [0.29, 0.717) is 59.8 Å². The van der Waals surface area contributed by atoms with Gasteiger partial charge in [0.15, 0.2) is 5.84 Å². The molecule has 1 atom stereocenters. The third kappa shape index (κ3) is 3.85. The summed E-state index contributed by atoms with van der Waals surface area (Å²) >= 11 is 0.611.